The number of ether oxygens (including phenoxy) is 1. The van der Waals surface area contributed by atoms with Gasteiger partial charge in [-0.25, -0.2) is 4.98 Å². The molecule has 0 saturated heterocycles. The molecule has 0 aliphatic heterocycles. The minimum atomic E-state index is 0.557. The quantitative estimate of drug-likeness (QED) is 0.612. The highest BCUT2D eigenvalue weighted by molar-refractivity contribution is 6.34. The van der Waals surface area contributed by atoms with E-state index in [2.05, 4.69) is 22.0 Å². The molecule has 0 amide bonds. The zero-order valence-electron chi connectivity index (χ0n) is 10.7. The smallest absolute Gasteiger partial charge is 0.139 e. The summed E-state index contributed by atoms with van der Waals surface area (Å²) < 4.78 is 5.05. The van der Waals surface area contributed by atoms with Gasteiger partial charge in [-0.3, -0.25) is 0 Å². The van der Waals surface area contributed by atoms with Crippen LogP contribution in [0.2, 0.25) is 5.15 Å². The number of pyridine rings is 1. The molecule has 2 rings (SSSR count). The lowest BCUT2D eigenvalue weighted by atomic mass is 10.2. The van der Waals surface area contributed by atoms with E-state index in [9.17, 15) is 0 Å². The highest BCUT2D eigenvalue weighted by atomic mass is 35.5. The molecule has 3 nitrogen and oxygen atoms in total. The van der Waals surface area contributed by atoms with Gasteiger partial charge in [-0.1, -0.05) is 35.9 Å². The van der Waals surface area contributed by atoms with Gasteiger partial charge in [0, 0.05) is 32.7 Å². The molecule has 0 atom stereocenters. The predicted molar refractivity (Wildman–Crippen MR) is 76.5 cm³/mol. The third-order valence-corrected chi connectivity index (χ3v) is 3.20. The zero-order chi connectivity index (χ0) is 13.0. The van der Waals surface area contributed by atoms with Crippen LogP contribution in [0.4, 0.5) is 5.82 Å². The maximum Gasteiger partial charge on any atom is 0.139 e. The van der Waals surface area contributed by atoms with E-state index in [1.165, 1.54) is 0 Å². The Bertz CT molecular complexity index is 530. The SMILES string of the molecule is COCCCN(C)c1cc2ccccc2c(Cl)n1. The first-order valence-electron chi connectivity index (χ1n) is 5.97. The molecule has 1 aromatic carbocycles. The van der Waals surface area contributed by atoms with E-state index in [0.717, 1.165) is 36.2 Å². The molecule has 0 unspecified atom stereocenters. The second-order valence-electron chi connectivity index (χ2n) is 4.26. The third-order valence-electron chi connectivity index (χ3n) is 2.91. The van der Waals surface area contributed by atoms with Crippen LogP contribution in [0.3, 0.4) is 0 Å². The van der Waals surface area contributed by atoms with E-state index >= 15 is 0 Å². The molecule has 0 N–H and O–H groups in total. The average Bonchev–Trinajstić information content (AvgIpc) is 2.39. The fraction of sp³-hybridized carbons (Fsp3) is 0.357. The molecule has 0 saturated carbocycles. The lowest BCUT2D eigenvalue weighted by Gasteiger charge is -2.18. The highest BCUT2D eigenvalue weighted by Crippen LogP contribution is 2.25. The number of hydrogen-bond donors (Lipinski definition) is 0. The minimum absolute atomic E-state index is 0.557. The maximum absolute atomic E-state index is 6.21. The van der Waals surface area contributed by atoms with E-state index < -0.39 is 0 Å². The molecule has 0 fully saturated rings. The van der Waals surface area contributed by atoms with Gasteiger partial charge in [0.1, 0.15) is 11.0 Å². The van der Waals surface area contributed by atoms with Crippen molar-refractivity contribution >= 4 is 28.2 Å². The van der Waals surface area contributed by atoms with Crippen molar-refractivity contribution in [3.05, 3.63) is 35.5 Å². The van der Waals surface area contributed by atoms with E-state index in [1.54, 1.807) is 7.11 Å². The standard InChI is InChI=1S/C14H17ClN2O/c1-17(8-5-9-18-2)13-10-11-6-3-4-7-12(11)14(15)16-13/h3-4,6-7,10H,5,8-9H2,1-2H3. The fourth-order valence-corrected chi connectivity index (χ4v) is 2.16. The van der Waals surface area contributed by atoms with Crippen LogP contribution in [0, 0.1) is 0 Å². The molecule has 0 spiro atoms. The van der Waals surface area contributed by atoms with Crippen molar-refractivity contribution in [3.8, 4) is 0 Å². The van der Waals surface area contributed by atoms with Gasteiger partial charge in [0.15, 0.2) is 0 Å². The molecule has 4 heteroatoms. The van der Waals surface area contributed by atoms with E-state index in [-0.39, 0.29) is 0 Å². The number of halogens is 1. The summed E-state index contributed by atoms with van der Waals surface area (Å²) in [7, 11) is 3.73. The summed E-state index contributed by atoms with van der Waals surface area (Å²) >= 11 is 6.21. The number of nitrogens with zero attached hydrogens (tertiary/aromatic N) is 2. The second kappa shape index (κ2) is 6.03. The Hall–Kier alpha value is -1.32. The van der Waals surface area contributed by atoms with Crippen LogP contribution in [0.15, 0.2) is 30.3 Å². The topological polar surface area (TPSA) is 25.4 Å². The summed E-state index contributed by atoms with van der Waals surface area (Å²) in [5.41, 5.74) is 0. The van der Waals surface area contributed by atoms with Crippen LogP contribution in [-0.2, 0) is 4.74 Å². The number of benzene rings is 1. The first-order valence-corrected chi connectivity index (χ1v) is 6.35. The predicted octanol–water partition coefficient (Wildman–Crippen LogP) is 3.36. The van der Waals surface area contributed by atoms with Crippen molar-refractivity contribution < 1.29 is 4.74 Å². The van der Waals surface area contributed by atoms with Crippen molar-refractivity contribution in [3.63, 3.8) is 0 Å². The van der Waals surface area contributed by atoms with Crippen molar-refractivity contribution in [1.29, 1.82) is 0 Å². The van der Waals surface area contributed by atoms with E-state index in [4.69, 9.17) is 16.3 Å². The highest BCUT2D eigenvalue weighted by Gasteiger charge is 2.07. The first-order chi connectivity index (χ1) is 8.72. The normalized spacial score (nSPS) is 10.8. The summed E-state index contributed by atoms with van der Waals surface area (Å²) in [5, 5.41) is 2.67. The second-order valence-corrected chi connectivity index (χ2v) is 4.62. The van der Waals surface area contributed by atoms with Gasteiger partial charge in [-0.15, -0.1) is 0 Å². The lowest BCUT2D eigenvalue weighted by molar-refractivity contribution is 0.196. The summed E-state index contributed by atoms with van der Waals surface area (Å²) in [6.07, 6.45) is 0.971. The molecule has 0 aliphatic rings. The maximum atomic E-state index is 6.21. The Morgan fingerprint density at radius 2 is 2.11 bits per heavy atom. The molecule has 1 aromatic heterocycles. The molecular formula is C14H17ClN2O. The first kappa shape index (κ1) is 13.1. The number of hydrogen-bond acceptors (Lipinski definition) is 3. The monoisotopic (exact) mass is 264 g/mol. The van der Waals surface area contributed by atoms with Crippen molar-refractivity contribution in [1.82, 2.24) is 4.98 Å². The largest absolute Gasteiger partial charge is 0.385 e. The van der Waals surface area contributed by atoms with Crippen LogP contribution in [0.5, 0.6) is 0 Å². The third kappa shape index (κ3) is 2.92. The lowest BCUT2D eigenvalue weighted by Crippen LogP contribution is -2.20. The van der Waals surface area contributed by atoms with Gasteiger partial charge >= 0.3 is 0 Å². The molecule has 0 aliphatic carbocycles. The van der Waals surface area contributed by atoms with E-state index in [1.807, 2.05) is 25.2 Å². The minimum Gasteiger partial charge on any atom is -0.385 e. The van der Waals surface area contributed by atoms with Gasteiger partial charge in [0.2, 0.25) is 0 Å². The number of anilines is 1. The molecule has 0 bridgehead atoms. The molecule has 96 valence electrons. The van der Waals surface area contributed by atoms with Gasteiger partial charge in [0.25, 0.3) is 0 Å². The zero-order valence-corrected chi connectivity index (χ0v) is 11.4. The Morgan fingerprint density at radius 1 is 1.33 bits per heavy atom. The molecule has 18 heavy (non-hydrogen) atoms. The number of methoxy groups -OCH3 is 1. The Balaban J connectivity index is 2.23. The van der Waals surface area contributed by atoms with Crippen molar-refractivity contribution in [2.24, 2.45) is 0 Å². The summed E-state index contributed by atoms with van der Waals surface area (Å²) in [6.45, 7) is 1.65. The fourth-order valence-electron chi connectivity index (χ4n) is 1.90. The van der Waals surface area contributed by atoms with E-state index in [0.29, 0.717) is 5.15 Å². The Labute approximate surface area is 112 Å². The van der Waals surface area contributed by atoms with Gasteiger partial charge in [0.05, 0.1) is 0 Å². The van der Waals surface area contributed by atoms with Gasteiger partial charge < -0.3 is 9.64 Å². The summed E-state index contributed by atoms with van der Waals surface area (Å²) in [5.74, 6) is 0.898. The van der Waals surface area contributed by atoms with Crippen LogP contribution < -0.4 is 4.90 Å². The average molecular weight is 265 g/mol. The van der Waals surface area contributed by atoms with Crippen LogP contribution in [0.1, 0.15) is 6.42 Å². The molecular weight excluding hydrogens is 248 g/mol. The number of aromatic nitrogens is 1. The van der Waals surface area contributed by atoms with Crippen LogP contribution in [-0.4, -0.2) is 32.3 Å². The van der Waals surface area contributed by atoms with Crippen LogP contribution >= 0.6 is 11.6 Å². The van der Waals surface area contributed by atoms with Gasteiger partial charge in [-0.05, 0) is 17.9 Å². The summed E-state index contributed by atoms with van der Waals surface area (Å²) in [4.78, 5) is 6.53. The summed E-state index contributed by atoms with van der Waals surface area (Å²) in [6, 6.07) is 10.1. The van der Waals surface area contributed by atoms with Gasteiger partial charge in [-0.2, -0.15) is 0 Å². The molecule has 1 heterocycles. The van der Waals surface area contributed by atoms with Crippen molar-refractivity contribution in [2.45, 2.75) is 6.42 Å². The number of rotatable bonds is 5. The Morgan fingerprint density at radius 3 is 2.89 bits per heavy atom. The number of fused-ring (bicyclic) bond motifs is 1. The Kier molecular flexibility index (Phi) is 4.39. The van der Waals surface area contributed by atoms with Crippen molar-refractivity contribution in [2.75, 3.05) is 32.2 Å². The molecule has 0 radical (unpaired) electrons. The molecule has 2 aromatic rings. The van der Waals surface area contributed by atoms with Crippen LogP contribution in [0.25, 0.3) is 10.8 Å².